The lowest BCUT2D eigenvalue weighted by Crippen LogP contribution is -2.56. The molecule has 1 fully saturated rings. The van der Waals surface area contributed by atoms with Crippen LogP contribution in [0.25, 0.3) is 11.0 Å². The molecule has 3 N–H and O–H groups in total. The van der Waals surface area contributed by atoms with E-state index in [0.29, 0.717) is 22.2 Å². The maximum Gasteiger partial charge on any atom is 0.257 e. The number of carbonyl (C=O) groups excluding carboxylic acids is 2. The van der Waals surface area contributed by atoms with Crippen molar-refractivity contribution >= 4 is 33.4 Å². The van der Waals surface area contributed by atoms with E-state index in [1.165, 1.54) is 11.1 Å². The van der Waals surface area contributed by atoms with Gasteiger partial charge in [0.1, 0.15) is 17.5 Å². The molecule has 2 amide bonds. The molecule has 2 aromatic heterocycles. The summed E-state index contributed by atoms with van der Waals surface area (Å²) in [7, 11) is -2.63. The van der Waals surface area contributed by atoms with Gasteiger partial charge >= 0.3 is 0 Å². The van der Waals surface area contributed by atoms with Crippen molar-refractivity contribution in [3.8, 4) is 0 Å². The Bertz CT molecular complexity index is 950. The summed E-state index contributed by atoms with van der Waals surface area (Å²) in [6, 6.07) is -0.766. The number of nitrogens with zero attached hydrogens (tertiary/aromatic N) is 3. The number of H-pyrrole nitrogens is 1. The van der Waals surface area contributed by atoms with Gasteiger partial charge in [0.05, 0.1) is 29.8 Å². The van der Waals surface area contributed by atoms with Crippen molar-refractivity contribution in [2.45, 2.75) is 26.4 Å². The molecule has 152 valence electrons. The molecule has 0 bridgehead atoms. The van der Waals surface area contributed by atoms with Gasteiger partial charge in [-0.2, -0.15) is 10.6 Å². The Morgan fingerprint density at radius 2 is 2.00 bits per heavy atom. The molecule has 0 saturated carbocycles. The monoisotopic (exact) mass is 410 g/mol. The molecule has 2 aliphatic rings. The van der Waals surface area contributed by atoms with Crippen molar-refractivity contribution in [3.05, 3.63) is 29.3 Å². The summed E-state index contributed by atoms with van der Waals surface area (Å²) in [5, 5.41) is 0.475. The number of hydrogen-bond acceptors (Lipinski definition) is 5. The minimum atomic E-state index is -2.63. The molecule has 1 atom stereocenters. The standard InChI is InChI=1S/C18H23FN4O4S/c1-10(2)15(18(25)22-3-5-28(26,27)6-4-22)23-9-12-13(19)8-21-16-14(12)11(7-20-16)17(23)24/h7-8,10,15,26-27H,3-6,9H2,1-2H3,(H,20,21)/t15-/m1/s1. The van der Waals surface area contributed by atoms with Crippen LogP contribution in [-0.2, 0) is 11.3 Å². The minimum absolute atomic E-state index is 0.00778. The molecule has 1 saturated heterocycles. The van der Waals surface area contributed by atoms with E-state index in [4.69, 9.17) is 0 Å². The summed E-state index contributed by atoms with van der Waals surface area (Å²) in [6.07, 6.45) is 2.63. The van der Waals surface area contributed by atoms with Gasteiger partial charge in [-0.05, 0) is 5.92 Å². The number of carbonyl (C=O) groups is 2. The van der Waals surface area contributed by atoms with Gasteiger partial charge in [-0.3, -0.25) is 18.7 Å². The van der Waals surface area contributed by atoms with Gasteiger partial charge in [0.25, 0.3) is 5.91 Å². The molecule has 0 aromatic carbocycles. The zero-order chi connectivity index (χ0) is 20.2. The Labute approximate surface area is 163 Å². The van der Waals surface area contributed by atoms with Crippen LogP contribution >= 0.6 is 10.6 Å². The van der Waals surface area contributed by atoms with E-state index in [1.807, 2.05) is 13.8 Å². The molecule has 4 heterocycles. The Hall–Kier alpha value is -2.17. The van der Waals surface area contributed by atoms with Gasteiger partial charge in [0.15, 0.2) is 0 Å². The third kappa shape index (κ3) is 3.05. The minimum Gasteiger partial charge on any atom is -0.345 e. The Kier molecular flexibility index (Phi) is 4.59. The molecule has 0 aliphatic carbocycles. The third-order valence-electron chi connectivity index (χ3n) is 5.48. The predicted molar refractivity (Wildman–Crippen MR) is 104 cm³/mol. The Morgan fingerprint density at radius 3 is 2.64 bits per heavy atom. The van der Waals surface area contributed by atoms with E-state index in [9.17, 15) is 23.1 Å². The molecule has 4 rings (SSSR count). The first-order valence-electron chi connectivity index (χ1n) is 9.17. The summed E-state index contributed by atoms with van der Waals surface area (Å²) in [5.74, 6) is -1.01. The van der Waals surface area contributed by atoms with Gasteiger partial charge in [-0.25, -0.2) is 9.37 Å². The van der Waals surface area contributed by atoms with Crippen molar-refractivity contribution in [2.24, 2.45) is 5.92 Å². The van der Waals surface area contributed by atoms with E-state index in [1.54, 1.807) is 4.90 Å². The molecule has 2 aromatic rings. The first kappa shape index (κ1) is 19.2. The van der Waals surface area contributed by atoms with Crippen molar-refractivity contribution < 1.29 is 23.1 Å². The van der Waals surface area contributed by atoms with Gasteiger partial charge < -0.3 is 14.8 Å². The van der Waals surface area contributed by atoms with Crippen LogP contribution < -0.4 is 0 Å². The zero-order valence-corrected chi connectivity index (χ0v) is 16.5. The van der Waals surface area contributed by atoms with Crippen molar-refractivity contribution in [3.63, 3.8) is 0 Å². The van der Waals surface area contributed by atoms with Crippen LogP contribution in [0.15, 0.2) is 12.4 Å². The fourth-order valence-electron chi connectivity index (χ4n) is 4.00. The smallest absolute Gasteiger partial charge is 0.257 e. The number of aromatic amines is 1. The third-order valence-corrected chi connectivity index (χ3v) is 7.16. The number of halogens is 1. The number of hydrogen-bond donors (Lipinski definition) is 3. The molecule has 0 unspecified atom stereocenters. The first-order chi connectivity index (χ1) is 13.2. The van der Waals surface area contributed by atoms with Crippen molar-refractivity contribution in [1.29, 1.82) is 0 Å². The number of aromatic nitrogens is 2. The van der Waals surface area contributed by atoms with E-state index in [-0.39, 0.29) is 48.9 Å². The van der Waals surface area contributed by atoms with Crippen molar-refractivity contribution in [1.82, 2.24) is 19.8 Å². The van der Waals surface area contributed by atoms with Crippen molar-refractivity contribution in [2.75, 3.05) is 24.6 Å². The molecule has 8 nitrogen and oxygen atoms in total. The maximum atomic E-state index is 14.5. The molecule has 10 heteroatoms. The molecular formula is C18H23FN4O4S. The maximum absolute atomic E-state index is 14.5. The van der Waals surface area contributed by atoms with Crippen LogP contribution in [-0.4, -0.2) is 71.3 Å². The first-order valence-corrected chi connectivity index (χ1v) is 11.1. The van der Waals surface area contributed by atoms with Crippen LogP contribution in [0.1, 0.15) is 29.8 Å². The normalized spacial score (nSPS) is 21.3. The Balaban J connectivity index is 1.67. The largest absolute Gasteiger partial charge is 0.345 e. The lowest BCUT2D eigenvalue weighted by atomic mass is 9.95. The number of amides is 2. The Morgan fingerprint density at radius 1 is 1.32 bits per heavy atom. The topological polar surface area (TPSA) is 110 Å². The highest BCUT2D eigenvalue weighted by molar-refractivity contribution is 8.24. The van der Waals surface area contributed by atoms with Gasteiger partial charge in [-0.15, -0.1) is 0 Å². The van der Waals surface area contributed by atoms with Crippen LogP contribution in [0.4, 0.5) is 4.39 Å². The van der Waals surface area contributed by atoms with Gasteiger partial charge in [0.2, 0.25) is 5.91 Å². The van der Waals surface area contributed by atoms with Gasteiger partial charge in [-0.1, -0.05) is 13.8 Å². The summed E-state index contributed by atoms with van der Waals surface area (Å²) < 4.78 is 34.1. The van der Waals surface area contributed by atoms with E-state index in [2.05, 4.69) is 9.97 Å². The van der Waals surface area contributed by atoms with Gasteiger partial charge in [0, 0.05) is 30.2 Å². The molecule has 28 heavy (non-hydrogen) atoms. The van der Waals surface area contributed by atoms with Crippen LogP contribution in [0, 0.1) is 11.7 Å². The summed E-state index contributed by atoms with van der Waals surface area (Å²) >= 11 is 0. The average Bonchev–Trinajstić information content (AvgIpc) is 3.06. The highest BCUT2D eigenvalue weighted by Crippen LogP contribution is 2.41. The second kappa shape index (κ2) is 6.71. The molecular weight excluding hydrogens is 387 g/mol. The van der Waals surface area contributed by atoms with E-state index >= 15 is 0 Å². The highest BCUT2D eigenvalue weighted by Gasteiger charge is 2.41. The predicted octanol–water partition coefficient (Wildman–Crippen LogP) is 2.28. The average molecular weight is 410 g/mol. The zero-order valence-electron chi connectivity index (χ0n) is 15.7. The van der Waals surface area contributed by atoms with E-state index < -0.39 is 22.4 Å². The second-order valence-corrected chi connectivity index (χ2v) is 10.1. The van der Waals surface area contributed by atoms with E-state index in [0.717, 1.165) is 6.20 Å². The quantitative estimate of drug-likeness (QED) is 0.719. The fourth-order valence-corrected chi connectivity index (χ4v) is 5.23. The van der Waals surface area contributed by atoms with Crippen LogP contribution in [0.5, 0.6) is 0 Å². The number of nitrogens with one attached hydrogen (secondary N) is 1. The summed E-state index contributed by atoms with van der Waals surface area (Å²) in [6.45, 7) is 4.15. The number of pyridine rings is 1. The molecule has 2 aliphatic heterocycles. The summed E-state index contributed by atoms with van der Waals surface area (Å²) in [4.78, 5) is 36.2. The fraction of sp³-hybridized carbons (Fsp3) is 0.500. The molecule has 0 spiro atoms. The highest BCUT2D eigenvalue weighted by atomic mass is 32.3. The number of rotatable bonds is 3. The van der Waals surface area contributed by atoms with Crippen LogP contribution in [0.2, 0.25) is 0 Å². The molecule has 0 radical (unpaired) electrons. The van der Waals surface area contributed by atoms with Crippen LogP contribution in [0.3, 0.4) is 0 Å². The SMILES string of the molecule is CC(C)[C@H](C(=O)N1CCS(O)(O)CC1)N1Cc2c(F)cnc3[nH]cc(c23)C1=O. The lowest BCUT2D eigenvalue weighted by Gasteiger charge is -2.44. The lowest BCUT2D eigenvalue weighted by molar-refractivity contribution is -0.137. The second-order valence-electron chi connectivity index (χ2n) is 7.67. The summed E-state index contributed by atoms with van der Waals surface area (Å²) in [5.41, 5.74) is 1.12.